The molecule has 0 bridgehead atoms. The molecule has 10 heteroatoms. The first kappa shape index (κ1) is 25.3. The van der Waals surface area contributed by atoms with E-state index in [1.807, 2.05) is 6.07 Å². The summed E-state index contributed by atoms with van der Waals surface area (Å²) in [6.45, 7) is 1.08. The molecule has 1 fully saturated rings. The van der Waals surface area contributed by atoms with Gasteiger partial charge in [-0.15, -0.1) is 0 Å². The van der Waals surface area contributed by atoms with Gasteiger partial charge in [0.15, 0.2) is 0 Å². The molecule has 6 nitrogen and oxygen atoms in total. The Labute approximate surface area is 206 Å². The second-order valence-electron chi connectivity index (χ2n) is 9.03. The molecule has 2 aromatic rings. The highest BCUT2D eigenvalue weighted by Gasteiger charge is 2.38. The lowest BCUT2D eigenvalue weighted by Crippen LogP contribution is -2.36. The summed E-state index contributed by atoms with van der Waals surface area (Å²) in [4.78, 5) is 32.3. The summed E-state index contributed by atoms with van der Waals surface area (Å²) in [6, 6.07) is 6.06. The zero-order valence-electron chi connectivity index (χ0n) is 19.2. The highest BCUT2D eigenvalue weighted by molar-refractivity contribution is 6.31. The number of carbonyl (C=O) groups is 2. The maximum Gasteiger partial charge on any atom is 0.417 e. The van der Waals surface area contributed by atoms with Gasteiger partial charge in [-0.05, 0) is 67.9 Å². The zero-order chi connectivity index (χ0) is 25.2. The number of carbonyl (C=O) groups excluding carboxylic acids is 1. The van der Waals surface area contributed by atoms with Crippen LogP contribution in [-0.4, -0.2) is 51.5 Å². The molecular weight excluding hydrogens is 483 g/mol. The van der Waals surface area contributed by atoms with Crippen molar-refractivity contribution in [2.75, 3.05) is 19.6 Å². The smallest absolute Gasteiger partial charge is 0.417 e. The number of benzene rings is 1. The van der Waals surface area contributed by atoms with E-state index in [-0.39, 0.29) is 18.1 Å². The number of pyridine rings is 1. The third-order valence-corrected chi connectivity index (χ3v) is 6.98. The lowest BCUT2D eigenvalue weighted by Gasteiger charge is -2.28. The van der Waals surface area contributed by atoms with Crippen molar-refractivity contribution in [3.05, 3.63) is 63.4 Å². The molecule has 0 radical (unpaired) electrons. The molecule has 35 heavy (non-hydrogen) atoms. The number of fused-ring (bicyclic) bond motifs is 1. The molecule has 188 valence electrons. The lowest BCUT2D eigenvalue weighted by atomic mass is 9.95. The Balaban J connectivity index is 1.43. The molecule has 2 aliphatic rings. The molecule has 0 spiro atoms. The molecule has 2 heterocycles. The van der Waals surface area contributed by atoms with Crippen molar-refractivity contribution in [3.63, 3.8) is 0 Å². The monoisotopic (exact) mass is 509 g/mol. The molecule has 2 amide bonds. The average Bonchev–Trinajstić information content (AvgIpc) is 3.17. The molecule has 1 N–H and O–H groups in total. The predicted molar refractivity (Wildman–Crippen MR) is 124 cm³/mol. The van der Waals surface area contributed by atoms with Gasteiger partial charge in [0.1, 0.15) is 0 Å². The summed E-state index contributed by atoms with van der Waals surface area (Å²) in [7, 11) is 0. The second-order valence-corrected chi connectivity index (χ2v) is 9.44. The minimum Gasteiger partial charge on any atom is -0.481 e. The third-order valence-electron chi connectivity index (χ3n) is 6.65. The number of hydrogen-bond donors (Lipinski definition) is 1. The summed E-state index contributed by atoms with van der Waals surface area (Å²) < 4.78 is 40.0. The van der Waals surface area contributed by atoms with Crippen LogP contribution in [0.3, 0.4) is 0 Å². The Morgan fingerprint density at radius 2 is 1.91 bits per heavy atom. The van der Waals surface area contributed by atoms with Crippen LogP contribution in [0.5, 0.6) is 0 Å². The predicted octanol–water partition coefficient (Wildman–Crippen LogP) is 5.52. The van der Waals surface area contributed by atoms with Gasteiger partial charge < -0.3 is 14.9 Å². The third kappa shape index (κ3) is 5.89. The molecule has 1 saturated heterocycles. The fraction of sp³-hybridized carbons (Fsp3) is 0.480. The van der Waals surface area contributed by atoms with Crippen molar-refractivity contribution in [2.45, 2.75) is 57.2 Å². The Kier molecular flexibility index (Phi) is 7.54. The van der Waals surface area contributed by atoms with Crippen molar-refractivity contribution in [1.29, 1.82) is 0 Å². The number of halogens is 4. The van der Waals surface area contributed by atoms with E-state index in [1.165, 1.54) is 23.0 Å². The van der Waals surface area contributed by atoms with Gasteiger partial charge in [-0.1, -0.05) is 23.7 Å². The Bertz CT molecular complexity index is 1110. The van der Waals surface area contributed by atoms with E-state index in [0.29, 0.717) is 25.9 Å². The molecule has 1 atom stereocenters. The van der Waals surface area contributed by atoms with E-state index in [4.69, 9.17) is 16.6 Å². The number of aliphatic carboxylic acids is 1. The molecule has 0 saturated carbocycles. The van der Waals surface area contributed by atoms with Crippen LogP contribution in [0.2, 0.25) is 5.02 Å². The molecule has 1 aromatic heterocycles. The fourth-order valence-electron chi connectivity index (χ4n) is 4.86. The number of carboxylic acid groups (broad SMARTS) is 1. The van der Waals surface area contributed by atoms with Crippen LogP contribution in [0.25, 0.3) is 0 Å². The van der Waals surface area contributed by atoms with Crippen LogP contribution in [-0.2, 0) is 30.2 Å². The van der Waals surface area contributed by atoms with Gasteiger partial charge in [0.25, 0.3) is 0 Å². The zero-order valence-corrected chi connectivity index (χ0v) is 19.9. The highest BCUT2D eigenvalue weighted by Crippen LogP contribution is 2.38. The quantitative estimate of drug-likeness (QED) is 0.508. The highest BCUT2D eigenvalue weighted by atomic mass is 35.5. The van der Waals surface area contributed by atoms with Crippen molar-refractivity contribution in [3.8, 4) is 0 Å². The number of carboxylic acids is 1. The maximum atomic E-state index is 13.3. The summed E-state index contributed by atoms with van der Waals surface area (Å²) in [6.07, 6.45) is 0.611. The largest absolute Gasteiger partial charge is 0.481 e. The van der Waals surface area contributed by atoms with Gasteiger partial charge in [0.2, 0.25) is 0 Å². The van der Waals surface area contributed by atoms with E-state index in [9.17, 15) is 27.9 Å². The topological polar surface area (TPSA) is 73.7 Å². The van der Waals surface area contributed by atoms with Crippen LogP contribution in [0, 0.1) is 0 Å². The van der Waals surface area contributed by atoms with E-state index < -0.39 is 35.2 Å². The SMILES string of the molecule is O=C(O)CC(c1ccc(Cl)c(C(F)(F)F)c1)N1CCN(CCCc2ccc3c(n2)CCCC3)C1=O. The van der Waals surface area contributed by atoms with Crippen molar-refractivity contribution >= 4 is 23.6 Å². The van der Waals surface area contributed by atoms with Gasteiger partial charge in [0, 0.05) is 31.0 Å². The molecule has 4 rings (SSSR count). The van der Waals surface area contributed by atoms with Gasteiger partial charge >= 0.3 is 18.2 Å². The van der Waals surface area contributed by atoms with Gasteiger partial charge in [0.05, 0.1) is 23.0 Å². The van der Waals surface area contributed by atoms with Gasteiger partial charge in [-0.25, -0.2) is 4.79 Å². The number of hydrogen-bond acceptors (Lipinski definition) is 3. The Morgan fingerprint density at radius 3 is 2.66 bits per heavy atom. The molecule has 1 aliphatic heterocycles. The van der Waals surface area contributed by atoms with E-state index in [1.54, 1.807) is 4.90 Å². The minimum atomic E-state index is -4.69. The minimum absolute atomic E-state index is 0.0950. The number of alkyl halides is 3. The van der Waals surface area contributed by atoms with Crippen LogP contribution in [0.15, 0.2) is 30.3 Å². The van der Waals surface area contributed by atoms with Crippen molar-refractivity contribution < 1.29 is 27.9 Å². The summed E-state index contributed by atoms with van der Waals surface area (Å²) >= 11 is 5.72. The van der Waals surface area contributed by atoms with Crippen molar-refractivity contribution in [2.24, 2.45) is 0 Å². The summed E-state index contributed by atoms with van der Waals surface area (Å²) in [5.74, 6) is -1.21. The van der Waals surface area contributed by atoms with Gasteiger partial charge in [-0.2, -0.15) is 13.2 Å². The summed E-state index contributed by atoms with van der Waals surface area (Å²) in [5, 5.41) is 8.91. The van der Waals surface area contributed by atoms with Crippen molar-refractivity contribution in [1.82, 2.24) is 14.8 Å². The number of aryl methyl sites for hydroxylation is 3. The van der Waals surface area contributed by atoms with Crippen LogP contribution < -0.4 is 0 Å². The number of nitrogens with zero attached hydrogens (tertiary/aromatic N) is 3. The Morgan fingerprint density at radius 1 is 1.14 bits per heavy atom. The molecular formula is C25H27ClF3N3O3. The van der Waals surface area contributed by atoms with E-state index in [0.717, 1.165) is 42.8 Å². The average molecular weight is 510 g/mol. The van der Waals surface area contributed by atoms with Crippen LogP contribution in [0.4, 0.5) is 18.0 Å². The first-order valence-corrected chi connectivity index (χ1v) is 12.1. The second kappa shape index (κ2) is 10.4. The standard InChI is InChI=1S/C25H27ClF3N3O3/c26-20-10-8-17(14-19(20)25(27,28)29)22(15-23(33)34)32-13-12-31(24(32)35)11-3-5-18-9-7-16-4-1-2-6-21(16)30-18/h7-10,14,22H,1-6,11-13,15H2,(H,33,34). The van der Waals surface area contributed by atoms with Crippen LogP contribution in [0.1, 0.15) is 59.8 Å². The number of urea groups is 1. The summed E-state index contributed by atoms with van der Waals surface area (Å²) in [5.41, 5.74) is 2.50. The maximum absolute atomic E-state index is 13.3. The van der Waals surface area contributed by atoms with E-state index in [2.05, 4.69) is 6.07 Å². The Hall–Kier alpha value is -2.81. The number of rotatable bonds is 8. The van der Waals surface area contributed by atoms with Gasteiger partial charge in [-0.3, -0.25) is 9.78 Å². The fourth-order valence-corrected chi connectivity index (χ4v) is 5.08. The van der Waals surface area contributed by atoms with E-state index >= 15 is 0 Å². The first-order valence-electron chi connectivity index (χ1n) is 11.7. The first-order chi connectivity index (χ1) is 16.6. The molecule has 1 aromatic carbocycles. The molecule has 1 aliphatic carbocycles. The normalized spacial score (nSPS) is 17.0. The molecule has 1 unspecified atom stereocenters. The number of amides is 2. The number of aromatic nitrogens is 1. The van der Waals surface area contributed by atoms with Crippen LogP contribution >= 0.6 is 11.6 Å². The lowest BCUT2D eigenvalue weighted by molar-refractivity contribution is -0.138.